The summed E-state index contributed by atoms with van der Waals surface area (Å²) < 4.78 is 1.87. The largest absolute Gasteiger partial charge is 0.314 e. The van der Waals surface area contributed by atoms with E-state index in [9.17, 15) is 0 Å². The highest BCUT2D eigenvalue weighted by Gasteiger charge is 2.12. The fourth-order valence-electron chi connectivity index (χ4n) is 2.42. The van der Waals surface area contributed by atoms with Gasteiger partial charge in [0, 0.05) is 19.3 Å². The molecule has 18 heavy (non-hydrogen) atoms. The van der Waals surface area contributed by atoms with Crippen LogP contribution in [-0.2, 0) is 13.5 Å². The zero-order valence-corrected chi connectivity index (χ0v) is 12.6. The number of aryl methyl sites for hydroxylation is 1. The van der Waals surface area contributed by atoms with Crippen molar-refractivity contribution >= 4 is 0 Å². The molecule has 0 saturated carbocycles. The highest BCUT2D eigenvalue weighted by molar-refractivity contribution is 5.03. The molecule has 1 aromatic heterocycles. The van der Waals surface area contributed by atoms with Gasteiger partial charge in [0.1, 0.15) is 0 Å². The van der Waals surface area contributed by atoms with E-state index in [0.717, 1.165) is 24.8 Å². The molecule has 0 spiro atoms. The van der Waals surface area contributed by atoms with E-state index >= 15 is 0 Å². The Morgan fingerprint density at radius 3 is 2.22 bits per heavy atom. The van der Waals surface area contributed by atoms with Crippen molar-refractivity contribution in [2.75, 3.05) is 6.54 Å². The molecule has 0 aliphatic carbocycles. The van der Waals surface area contributed by atoms with E-state index in [2.05, 4.69) is 44.3 Å². The normalized spacial score (nSPS) is 12.0. The van der Waals surface area contributed by atoms with Gasteiger partial charge in [-0.2, -0.15) is 5.10 Å². The SMILES string of the molecule is CC(C)CC(CC(C)C)NCCc1cnn(C)c1. The Morgan fingerprint density at radius 2 is 1.78 bits per heavy atom. The molecule has 0 unspecified atom stereocenters. The van der Waals surface area contributed by atoms with Gasteiger partial charge in [-0.15, -0.1) is 0 Å². The third kappa shape index (κ3) is 6.20. The number of hydrogen-bond acceptors (Lipinski definition) is 2. The lowest BCUT2D eigenvalue weighted by Crippen LogP contribution is -2.33. The van der Waals surface area contributed by atoms with Gasteiger partial charge in [0.25, 0.3) is 0 Å². The van der Waals surface area contributed by atoms with Crippen molar-refractivity contribution in [3.8, 4) is 0 Å². The standard InChI is InChI=1S/C15H29N3/c1-12(2)8-15(9-13(3)4)16-7-6-14-10-17-18(5)11-14/h10-13,15-16H,6-9H2,1-5H3. The quantitative estimate of drug-likeness (QED) is 0.769. The summed E-state index contributed by atoms with van der Waals surface area (Å²) in [5.74, 6) is 1.53. The Bertz CT molecular complexity index is 318. The Kier molecular flexibility index (Phi) is 6.41. The van der Waals surface area contributed by atoms with Crippen LogP contribution in [0.4, 0.5) is 0 Å². The fraction of sp³-hybridized carbons (Fsp3) is 0.800. The van der Waals surface area contributed by atoms with E-state index in [4.69, 9.17) is 0 Å². The summed E-state index contributed by atoms with van der Waals surface area (Å²) in [5.41, 5.74) is 1.32. The van der Waals surface area contributed by atoms with Crippen molar-refractivity contribution in [3.05, 3.63) is 18.0 Å². The van der Waals surface area contributed by atoms with Gasteiger partial charge in [-0.3, -0.25) is 4.68 Å². The van der Waals surface area contributed by atoms with Crippen molar-refractivity contribution in [2.45, 2.75) is 53.0 Å². The van der Waals surface area contributed by atoms with E-state index in [1.54, 1.807) is 0 Å². The molecule has 0 radical (unpaired) electrons. The third-order valence-electron chi connectivity index (χ3n) is 3.12. The second kappa shape index (κ2) is 7.57. The van der Waals surface area contributed by atoms with Gasteiger partial charge in [0.15, 0.2) is 0 Å². The Hall–Kier alpha value is -0.830. The highest BCUT2D eigenvalue weighted by atomic mass is 15.2. The minimum Gasteiger partial charge on any atom is -0.314 e. The average Bonchev–Trinajstić information content (AvgIpc) is 2.62. The molecule has 1 N–H and O–H groups in total. The van der Waals surface area contributed by atoms with E-state index in [1.807, 2.05) is 17.9 Å². The third-order valence-corrected chi connectivity index (χ3v) is 3.12. The molecule has 0 aromatic carbocycles. The first-order valence-electron chi connectivity index (χ1n) is 7.18. The predicted octanol–water partition coefficient (Wildman–Crippen LogP) is 3.01. The van der Waals surface area contributed by atoms with E-state index in [1.165, 1.54) is 18.4 Å². The molecule has 0 atom stereocenters. The first-order chi connectivity index (χ1) is 8.47. The minimum absolute atomic E-state index is 0.654. The zero-order chi connectivity index (χ0) is 13.5. The fourth-order valence-corrected chi connectivity index (χ4v) is 2.42. The lowest BCUT2D eigenvalue weighted by Gasteiger charge is -2.22. The number of rotatable bonds is 8. The molecule has 0 fully saturated rings. The first kappa shape index (κ1) is 15.2. The number of aromatic nitrogens is 2. The van der Waals surface area contributed by atoms with Gasteiger partial charge in [-0.05, 0) is 43.2 Å². The Balaban J connectivity index is 2.32. The summed E-state index contributed by atoms with van der Waals surface area (Å²) in [6, 6.07) is 0.654. The minimum atomic E-state index is 0.654. The van der Waals surface area contributed by atoms with E-state index in [0.29, 0.717) is 6.04 Å². The van der Waals surface area contributed by atoms with Gasteiger partial charge >= 0.3 is 0 Å². The molecule has 0 saturated heterocycles. The smallest absolute Gasteiger partial charge is 0.0522 e. The number of hydrogen-bond donors (Lipinski definition) is 1. The summed E-state index contributed by atoms with van der Waals surface area (Å²) in [6.07, 6.45) is 7.67. The molecule has 1 heterocycles. The summed E-state index contributed by atoms with van der Waals surface area (Å²) in [4.78, 5) is 0. The van der Waals surface area contributed by atoms with Gasteiger partial charge in [0.2, 0.25) is 0 Å². The Labute approximate surface area is 112 Å². The van der Waals surface area contributed by atoms with Crippen LogP contribution in [0.3, 0.4) is 0 Å². The lowest BCUT2D eigenvalue weighted by atomic mass is 9.95. The summed E-state index contributed by atoms with van der Waals surface area (Å²) in [7, 11) is 1.97. The van der Waals surface area contributed by atoms with Crippen LogP contribution in [0.5, 0.6) is 0 Å². The maximum Gasteiger partial charge on any atom is 0.0522 e. The van der Waals surface area contributed by atoms with E-state index < -0.39 is 0 Å². The molecule has 1 aromatic rings. The molecule has 0 amide bonds. The van der Waals surface area contributed by atoms with Gasteiger partial charge in [-0.1, -0.05) is 27.7 Å². The summed E-state index contributed by atoms with van der Waals surface area (Å²) >= 11 is 0. The first-order valence-corrected chi connectivity index (χ1v) is 7.18. The number of nitrogens with one attached hydrogen (secondary N) is 1. The molecular weight excluding hydrogens is 222 g/mol. The van der Waals surface area contributed by atoms with Crippen molar-refractivity contribution < 1.29 is 0 Å². The molecule has 3 nitrogen and oxygen atoms in total. The van der Waals surface area contributed by atoms with Gasteiger partial charge < -0.3 is 5.32 Å². The van der Waals surface area contributed by atoms with Crippen LogP contribution < -0.4 is 5.32 Å². The van der Waals surface area contributed by atoms with E-state index in [-0.39, 0.29) is 0 Å². The second-order valence-electron chi connectivity index (χ2n) is 6.18. The van der Waals surface area contributed by atoms with Crippen LogP contribution in [0, 0.1) is 11.8 Å². The van der Waals surface area contributed by atoms with Crippen molar-refractivity contribution in [1.82, 2.24) is 15.1 Å². The molecule has 0 aliphatic rings. The average molecular weight is 251 g/mol. The molecule has 104 valence electrons. The zero-order valence-electron chi connectivity index (χ0n) is 12.6. The van der Waals surface area contributed by atoms with Crippen LogP contribution in [0.2, 0.25) is 0 Å². The molecule has 1 rings (SSSR count). The van der Waals surface area contributed by atoms with Crippen LogP contribution in [0.1, 0.15) is 46.1 Å². The molecule has 0 aliphatic heterocycles. The van der Waals surface area contributed by atoms with Crippen LogP contribution >= 0.6 is 0 Å². The van der Waals surface area contributed by atoms with Crippen molar-refractivity contribution in [3.63, 3.8) is 0 Å². The Morgan fingerprint density at radius 1 is 1.17 bits per heavy atom. The monoisotopic (exact) mass is 251 g/mol. The van der Waals surface area contributed by atoms with Gasteiger partial charge in [-0.25, -0.2) is 0 Å². The predicted molar refractivity (Wildman–Crippen MR) is 77.6 cm³/mol. The van der Waals surface area contributed by atoms with Crippen LogP contribution in [0.15, 0.2) is 12.4 Å². The maximum atomic E-state index is 4.20. The lowest BCUT2D eigenvalue weighted by molar-refractivity contribution is 0.361. The van der Waals surface area contributed by atoms with Crippen LogP contribution in [0.25, 0.3) is 0 Å². The summed E-state index contributed by atoms with van der Waals surface area (Å²) in [6.45, 7) is 10.3. The molecular formula is C15H29N3. The van der Waals surface area contributed by atoms with Gasteiger partial charge in [0.05, 0.1) is 6.20 Å². The van der Waals surface area contributed by atoms with Crippen LogP contribution in [-0.4, -0.2) is 22.4 Å². The molecule has 0 bridgehead atoms. The van der Waals surface area contributed by atoms with Crippen molar-refractivity contribution in [1.29, 1.82) is 0 Å². The summed E-state index contributed by atoms with van der Waals surface area (Å²) in [5, 5.41) is 7.90. The van der Waals surface area contributed by atoms with Crippen molar-refractivity contribution in [2.24, 2.45) is 18.9 Å². The molecule has 3 heteroatoms. The second-order valence-corrected chi connectivity index (χ2v) is 6.18. The highest BCUT2D eigenvalue weighted by Crippen LogP contribution is 2.13. The maximum absolute atomic E-state index is 4.20. The number of nitrogens with zero attached hydrogens (tertiary/aromatic N) is 2. The topological polar surface area (TPSA) is 29.9 Å².